The van der Waals surface area contributed by atoms with E-state index in [9.17, 15) is 9.59 Å². The van der Waals surface area contributed by atoms with E-state index in [4.69, 9.17) is 9.84 Å². The van der Waals surface area contributed by atoms with Gasteiger partial charge in [0, 0.05) is 37.1 Å². The number of hydrogen-bond acceptors (Lipinski definition) is 5. The number of aromatic nitrogens is 1. The summed E-state index contributed by atoms with van der Waals surface area (Å²) in [7, 11) is 1.83. The van der Waals surface area contributed by atoms with E-state index in [0.717, 1.165) is 24.8 Å². The molecule has 1 aromatic heterocycles. The number of ether oxygens (including phenoxy) is 1. The predicted molar refractivity (Wildman–Crippen MR) is 109 cm³/mol. The van der Waals surface area contributed by atoms with E-state index in [1.165, 1.54) is 0 Å². The molecule has 0 spiro atoms. The van der Waals surface area contributed by atoms with Gasteiger partial charge in [-0.2, -0.15) is 0 Å². The second-order valence-electron chi connectivity index (χ2n) is 7.35. The molecule has 1 amide bonds. The van der Waals surface area contributed by atoms with Gasteiger partial charge >= 0.3 is 5.97 Å². The first kappa shape index (κ1) is 20.8. The van der Waals surface area contributed by atoms with E-state index in [-0.39, 0.29) is 18.5 Å². The fourth-order valence-corrected chi connectivity index (χ4v) is 3.59. The Hall–Kier alpha value is -2.93. The minimum atomic E-state index is -0.823. The largest absolute Gasteiger partial charge is 0.489 e. The van der Waals surface area contributed by atoms with E-state index in [0.29, 0.717) is 31.0 Å². The normalized spacial score (nSPS) is 17.0. The van der Waals surface area contributed by atoms with Gasteiger partial charge in [-0.15, -0.1) is 0 Å². The van der Waals surface area contributed by atoms with Crippen LogP contribution in [0.3, 0.4) is 0 Å². The molecule has 0 aliphatic carbocycles. The van der Waals surface area contributed by atoms with Crippen molar-refractivity contribution in [3.05, 3.63) is 59.9 Å². The number of carboxylic acid groups (broad SMARTS) is 1. The van der Waals surface area contributed by atoms with E-state index >= 15 is 0 Å². The summed E-state index contributed by atoms with van der Waals surface area (Å²) in [5.74, 6) is -0.104. The lowest BCUT2D eigenvalue weighted by molar-refractivity contribution is -0.138. The Morgan fingerprint density at radius 3 is 2.55 bits per heavy atom. The Labute approximate surface area is 170 Å². The van der Waals surface area contributed by atoms with E-state index in [1.807, 2.05) is 41.1 Å². The summed E-state index contributed by atoms with van der Waals surface area (Å²) in [6.45, 7) is 1.80. The van der Waals surface area contributed by atoms with Gasteiger partial charge in [-0.1, -0.05) is 0 Å². The highest BCUT2D eigenvalue weighted by atomic mass is 16.5. The molecule has 1 fully saturated rings. The summed E-state index contributed by atoms with van der Waals surface area (Å²) in [5.41, 5.74) is 1.67. The Morgan fingerprint density at radius 2 is 1.86 bits per heavy atom. The molecule has 1 unspecified atom stereocenters. The number of carbonyl (C=O) groups is 2. The van der Waals surface area contributed by atoms with Crippen LogP contribution in [0.15, 0.2) is 48.8 Å². The molecule has 1 aromatic carbocycles. The summed E-state index contributed by atoms with van der Waals surface area (Å²) >= 11 is 0. The minimum Gasteiger partial charge on any atom is -0.489 e. The number of rotatable bonds is 7. The third-order valence-corrected chi connectivity index (χ3v) is 5.25. The van der Waals surface area contributed by atoms with Crippen LogP contribution in [-0.2, 0) is 11.4 Å². The lowest BCUT2D eigenvalue weighted by Gasteiger charge is -2.25. The second kappa shape index (κ2) is 10.0. The number of carbonyl (C=O) groups excluding carboxylic acids is 1. The first-order valence-electron chi connectivity index (χ1n) is 9.86. The smallest absolute Gasteiger partial charge is 0.317 e. The van der Waals surface area contributed by atoms with Gasteiger partial charge in [-0.05, 0) is 68.3 Å². The maximum atomic E-state index is 12.9. The Balaban J connectivity index is 1.54. The van der Waals surface area contributed by atoms with Gasteiger partial charge in [-0.25, -0.2) is 0 Å². The summed E-state index contributed by atoms with van der Waals surface area (Å²) in [5, 5.41) is 8.98. The number of amides is 1. The molecule has 7 nitrogen and oxygen atoms in total. The second-order valence-corrected chi connectivity index (χ2v) is 7.35. The molecule has 1 N–H and O–H groups in total. The lowest BCUT2D eigenvalue weighted by atomic mass is 10.1. The number of benzene rings is 1. The van der Waals surface area contributed by atoms with Gasteiger partial charge in [0.15, 0.2) is 0 Å². The van der Waals surface area contributed by atoms with Crippen molar-refractivity contribution in [2.24, 2.45) is 0 Å². The molecule has 0 bridgehead atoms. The fraction of sp³-hybridized carbons (Fsp3) is 0.409. The van der Waals surface area contributed by atoms with Crippen LogP contribution in [0.1, 0.15) is 35.2 Å². The van der Waals surface area contributed by atoms with Crippen LogP contribution >= 0.6 is 0 Å². The van der Waals surface area contributed by atoms with Crippen molar-refractivity contribution >= 4 is 11.9 Å². The predicted octanol–water partition coefficient (Wildman–Crippen LogP) is 2.67. The standard InChI is InChI=1S/C22H27N3O4/c1-24(15-21(26)27)19-3-2-13-25(14-10-19)22(28)18-4-6-20(7-5-18)29-16-17-8-11-23-12-9-17/h4-9,11-12,19H,2-3,10,13-16H2,1H3,(H,26,27). The summed E-state index contributed by atoms with van der Waals surface area (Å²) in [6, 6.07) is 11.2. The van der Waals surface area contributed by atoms with Crippen molar-refractivity contribution < 1.29 is 19.4 Å². The average molecular weight is 397 g/mol. The first-order chi connectivity index (χ1) is 14.0. The van der Waals surface area contributed by atoms with Gasteiger partial charge in [0.05, 0.1) is 6.54 Å². The van der Waals surface area contributed by atoms with Crippen LogP contribution in [0.2, 0.25) is 0 Å². The topological polar surface area (TPSA) is 83.0 Å². The molecule has 154 valence electrons. The van der Waals surface area contributed by atoms with E-state index in [1.54, 1.807) is 24.5 Å². The Kier molecular flexibility index (Phi) is 7.19. The third-order valence-electron chi connectivity index (χ3n) is 5.25. The molecule has 29 heavy (non-hydrogen) atoms. The Bertz CT molecular complexity index is 811. The molecular weight excluding hydrogens is 370 g/mol. The van der Waals surface area contributed by atoms with E-state index in [2.05, 4.69) is 4.98 Å². The molecule has 1 atom stereocenters. The average Bonchev–Trinajstić information content (AvgIpc) is 2.99. The van der Waals surface area contributed by atoms with Crippen molar-refractivity contribution in [2.75, 3.05) is 26.7 Å². The van der Waals surface area contributed by atoms with Crippen LogP contribution in [0.25, 0.3) is 0 Å². The zero-order chi connectivity index (χ0) is 20.6. The van der Waals surface area contributed by atoms with Crippen LogP contribution in [0, 0.1) is 0 Å². The molecule has 0 saturated carbocycles. The molecule has 2 heterocycles. The number of likely N-dealkylation sites (tertiary alicyclic amines) is 1. The third kappa shape index (κ3) is 6.02. The highest BCUT2D eigenvalue weighted by molar-refractivity contribution is 5.94. The number of carboxylic acids is 1. The molecule has 2 aromatic rings. The number of pyridine rings is 1. The monoisotopic (exact) mass is 397 g/mol. The fourth-order valence-electron chi connectivity index (χ4n) is 3.59. The van der Waals surface area contributed by atoms with Gasteiger partial charge in [-0.3, -0.25) is 19.5 Å². The highest BCUT2D eigenvalue weighted by Gasteiger charge is 2.24. The summed E-state index contributed by atoms with van der Waals surface area (Å²) in [4.78, 5) is 31.5. The molecule has 1 saturated heterocycles. The first-order valence-corrected chi connectivity index (χ1v) is 9.86. The number of aliphatic carboxylic acids is 1. The van der Waals surface area contributed by atoms with Gasteiger partial charge in [0.2, 0.25) is 0 Å². The summed E-state index contributed by atoms with van der Waals surface area (Å²) < 4.78 is 5.76. The van der Waals surface area contributed by atoms with Crippen LogP contribution < -0.4 is 4.74 Å². The molecule has 7 heteroatoms. The van der Waals surface area contributed by atoms with Gasteiger partial charge in [0.25, 0.3) is 5.91 Å². The zero-order valence-corrected chi connectivity index (χ0v) is 16.7. The minimum absolute atomic E-state index is 0.00669. The lowest BCUT2D eigenvalue weighted by Crippen LogP contribution is -2.37. The van der Waals surface area contributed by atoms with E-state index < -0.39 is 5.97 Å². The van der Waals surface area contributed by atoms with Crippen molar-refractivity contribution in [2.45, 2.75) is 31.9 Å². The zero-order valence-electron chi connectivity index (χ0n) is 16.7. The van der Waals surface area contributed by atoms with Crippen molar-refractivity contribution in [1.29, 1.82) is 0 Å². The van der Waals surface area contributed by atoms with Crippen LogP contribution in [0.4, 0.5) is 0 Å². The quantitative estimate of drug-likeness (QED) is 0.773. The molecule has 3 rings (SSSR count). The Morgan fingerprint density at radius 1 is 1.14 bits per heavy atom. The van der Waals surface area contributed by atoms with Crippen molar-refractivity contribution in [3.63, 3.8) is 0 Å². The molecule has 1 aliphatic heterocycles. The van der Waals surface area contributed by atoms with Crippen LogP contribution in [-0.4, -0.2) is 64.5 Å². The number of hydrogen-bond donors (Lipinski definition) is 1. The number of likely N-dealkylation sites (N-methyl/N-ethyl adjacent to an activating group) is 1. The summed E-state index contributed by atoms with van der Waals surface area (Å²) in [6.07, 6.45) is 6.00. The highest BCUT2D eigenvalue weighted by Crippen LogP contribution is 2.19. The van der Waals surface area contributed by atoms with Crippen molar-refractivity contribution in [1.82, 2.24) is 14.8 Å². The molecular formula is C22H27N3O4. The SMILES string of the molecule is CN(CC(=O)O)C1CCCN(C(=O)c2ccc(OCc3ccncc3)cc2)CC1. The maximum absolute atomic E-state index is 12.9. The maximum Gasteiger partial charge on any atom is 0.317 e. The van der Waals surface area contributed by atoms with Crippen LogP contribution in [0.5, 0.6) is 5.75 Å². The number of nitrogens with zero attached hydrogens (tertiary/aromatic N) is 3. The van der Waals surface area contributed by atoms with Crippen molar-refractivity contribution in [3.8, 4) is 5.75 Å². The van der Waals surface area contributed by atoms with Gasteiger partial charge in [0.1, 0.15) is 12.4 Å². The molecule has 0 radical (unpaired) electrons. The molecule has 1 aliphatic rings. The van der Waals surface area contributed by atoms with Gasteiger partial charge < -0.3 is 14.7 Å².